The first kappa shape index (κ1) is 21.4. The van der Waals surface area contributed by atoms with Gasteiger partial charge < -0.3 is 14.4 Å². The minimum absolute atomic E-state index is 0.171. The Kier molecular flexibility index (Phi) is 5.55. The SMILES string of the molecule is COc1cc(-c2nnn(C3CCN(C(=O)OC(C)(C)C)CC3)c2C)cn2ncc(Cl)c12. The molecule has 4 rings (SSSR count). The lowest BCUT2D eigenvalue weighted by Gasteiger charge is -2.33. The van der Waals surface area contributed by atoms with Crippen molar-refractivity contribution >= 4 is 23.2 Å². The normalized spacial score (nSPS) is 15.5. The maximum Gasteiger partial charge on any atom is 0.410 e. The molecule has 3 aromatic rings. The molecule has 0 bridgehead atoms. The predicted molar refractivity (Wildman–Crippen MR) is 117 cm³/mol. The zero-order valence-corrected chi connectivity index (χ0v) is 19.2. The van der Waals surface area contributed by atoms with Crippen molar-refractivity contribution in [3.63, 3.8) is 0 Å². The van der Waals surface area contributed by atoms with Crippen LogP contribution in [0.1, 0.15) is 45.3 Å². The van der Waals surface area contributed by atoms with Gasteiger partial charge in [-0.05, 0) is 46.6 Å². The number of likely N-dealkylation sites (tertiary alicyclic amines) is 1. The molecule has 4 heterocycles. The topological polar surface area (TPSA) is 86.8 Å². The highest BCUT2D eigenvalue weighted by Crippen LogP contribution is 2.33. The van der Waals surface area contributed by atoms with Crippen LogP contribution in [0, 0.1) is 6.92 Å². The Labute approximate surface area is 185 Å². The standard InChI is InChI=1S/C21H27ClN6O3/c1-13-18(14-10-17(30-5)19-16(22)11-23-27(19)12-14)24-25-28(13)15-6-8-26(9-7-15)20(29)31-21(2,3)4/h10-12,15H,6-9H2,1-5H3. The zero-order chi connectivity index (χ0) is 22.3. The van der Waals surface area contributed by atoms with Crippen molar-refractivity contribution in [3.05, 3.63) is 29.2 Å². The summed E-state index contributed by atoms with van der Waals surface area (Å²) in [5, 5.41) is 13.7. The number of methoxy groups -OCH3 is 1. The van der Waals surface area contributed by atoms with Crippen molar-refractivity contribution in [1.82, 2.24) is 29.5 Å². The highest BCUT2D eigenvalue weighted by Gasteiger charge is 2.29. The van der Waals surface area contributed by atoms with E-state index in [0.717, 1.165) is 29.8 Å². The molecule has 10 heteroatoms. The van der Waals surface area contributed by atoms with Gasteiger partial charge in [0.1, 0.15) is 22.6 Å². The Morgan fingerprint density at radius 3 is 2.61 bits per heavy atom. The van der Waals surface area contributed by atoms with E-state index < -0.39 is 5.60 Å². The summed E-state index contributed by atoms with van der Waals surface area (Å²) in [6.07, 6.45) is 4.78. The Bertz CT molecular complexity index is 1110. The van der Waals surface area contributed by atoms with Crippen molar-refractivity contribution < 1.29 is 14.3 Å². The van der Waals surface area contributed by atoms with E-state index in [-0.39, 0.29) is 12.1 Å². The van der Waals surface area contributed by atoms with E-state index in [0.29, 0.717) is 29.4 Å². The fraction of sp³-hybridized carbons (Fsp3) is 0.524. The minimum Gasteiger partial charge on any atom is -0.494 e. The molecule has 0 N–H and O–H groups in total. The summed E-state index contributed by atoms with van der Waals surface area (Å²) in [5.74, 6) is 0.625. The first-order valence-electron chi connectivity index (χ1n) is 10.3. The molecular formula is C21H27ClN6O3. The summed E-state index contributed by atoms with van der Waals surface area (Å²) in [6.45, 7) is 8.88. The summed E-state index contributed by atoms with van der Waals surface area (Å²) in [7, 11) is 1.60. The minimum atomic E-state index is -0.494. The van der Waals surface area contributed by atoms with Crippen molar-refractivity contribution in [1.29, 1.82) is 0 Å². The van der Waals surface area contributed by atoms with E-state index in [9.17, 15) is 4.79 Å². The molecule has 0 aliphatic carbocycles. The smallest absolute Gasteiger partial charge is 0.410 e. The second kappa shape index (κ2) is 8.03. The third-order valence-electron chi connectivity index (χ3n) is 5.41. The molecule has 0 spiro atoms. The maximum absolute atomic E-state index is 12.3. The first-order chi connectivity index (χ1) is 14.7. The van der Waals surface area contributed by atoms with Crippen LogP contribution < -0.4 is 4.74 Å². The van der Waals surface area contributed by atoms with Gasteiger partial charge in [0.15, 0.2) is 0 Å². The quantitative estimate of drug-likeness (QED) is 0.601. The Morgan fingerprint density at radius 2 is 1.97 bits per heavy atom. The van der Waals surface area contributed by atoms with Crippen LogP contribution in [0.5, 0.6) is 5.75 Å². The van der Waals surface area contributed by atoms with E-state index in [1.807, 2.05) is 44.6 Å². The molecule has 0 saturated carbocycles. The van der Waals surface area contributed by atoms with Gasteiger partial charge in [0.25, 0.3) is 0 Å². The molecule has 0 radical (unpaired) electrons. The molecule has 0 atom stereocenters. The highest BCUT2D eigenvalue weighted by molar-refractivity contribution is 6.34. The Morgan fingerprint density at radius 1 is 1.26 bits per heavy atom. The van der Waals surface area contributed by atoms with Crippen LogP contribution in [0.15, 0.2) is 18.5 Å². The van der Waals surface area contributed by atoms with Gasteiger partial charge in [-0.25, -0.2) is 14.0 Å². The number of pyridine rings is 1. The fourth-order valence-corrected chi connectivity index (χ4v) is 4.13. The molecule has 0 aromatic carbocycles. The molecule has 1 saturated heterocycles. The summed E-state index contributed by atoms with van der Waals surface area (Å²) in [6, 6.07) is 2.07. The summed E-state index contributed by atoms with van der Waals surface area (Å²) in [5.41, 5.74) is 2.79. The van der Waals surface area contributed by atoms with Gasteiger partial charge in [0.05, 0.1) is 30.1 Å². The van der Waals surface area contributed by atoms with Crippen LogP contribution in [0.2, 0.25) is 5.02 Å². The predicted octanol–water partition coefficient (Wildman–Crippen LogP) is 4.14. The van der Waals surface area contributed by atoms with Crippen LogP contribution in [-0.2, 0) is 4.74 Å². The van der Waals surface area contributed by atoms with Crippen LogP contribution in [0.25, 0.3) is 16.8 Å². The van der Waals surface area contributed by atoms with Gasteiger partial charge in [-0.2, -0.15) is 5.10 Å². The van der Waals surface area contributed by atoms with Gasteiger partial charge >= 0.3 is 6.09 Å². The van der Waals surface area contributed by atoms with Crippen LogP contribution in [-0.4, -0.2) is 61.4 Å². The van der Waals surface area contributed by atoms with E-state index in [1.54, 1.807) is 22.7 Å². The number of carbonyl (C=O) groups is 1. The van der Waals surface area contributed by atoms with Crippen LogP contribution in [0.3, 0.4) is 0 Å². The third-order valence-corrected chi connectivity index (χ3v) is 5.69. The summed E-state index contributed by atoms with van der Waals surface area (Å²) < 4.78 is 14.6. The van der Waals surface area contributed by atoms with Crippen LogP contribution >= 0.6 is 11.6 Å². The van der Waals surface area contributed by atoms with Gasteiger partial charge in [-0.15, -0.1) is 5.10 Å². The summed E-state index contributed by atoms with van der Waals surface area (Å²) in [4.78, 5) is 14.1. The largest absolute Gasteiger partial charge is 0.494 e. The lowest BCUT2D eigenvalue weighted by molar-refractivity contribution is 0.0184. The molecule has 3 aromatic heterocycles. The Balaban J connectivity index is 1.53. The van der Waals surface area contributed by atoms with Gasteiger partial charge in [-0.3, -0.25) is 0 Å². The number of carbonyl (C=O) groups excluding carboxylic acids is 1. The third kappa shape index (κ3) is 4.19. The molecular weight excluding hydrogens is 420 g/mol. The fourth-order valence-electron chi connectivity index (χ4n) is 3.91. The van der Waals surface area contributed by atoms with E-state index in [4.69, 9.17) is 21.1 Å². The van der Waals surface area contributed by atoms with Gasteiger partial charge in [-0.1, -0.05) is 16.8 Å². The van der Waals surface area contributed by atoms with Crippen LogP contribution in [0.4, 0.5) is 4.79 Å². The number of halogens is 1. The average molecular weight is 447 g/mol. The van der Waals surface area contributed by atoms with Gasteiger partial charge in [0.2, 0.25) is 0 Å². The van der Waals surface area contributed by atoms with Gasteiger partial charge in [0, 0.05) is 24.8 Å². The maximum atomic E-state index is 12.3. The van der Waals surface area contributed by atoms with Crippen molar-refractivity contribution in [3.8, 4) is 17.0 Å². The molecule has 166 valence electrons. The molecule has 0 unspecified atom stereocenters. The number of piperidine rings is 1. The first-order valence-corrected chi connectivity index (χ1v) is 10.7. The second-order valence-corrected chi connectivity index (χ2v) is 9.16. The number of fused-ring (bicyclic) bond motifs is 1. The average Bonchev–Trinajstić information content (AvgIpc) is 3.29. The Hall–Kier alpha value is -2.81. The lowest BCUT2D eigenvalue weighted by Crippen LogP contribution is -2.42. The molecule has 9 nitrogen and oxygen atoms in total. The zero-order valence-electron chi connectivity index (χ0n) is 18.4. The number of amides is 1. The number of ether oxygens (including phenoxy) is 2. The van der Waals surface area contributed by atoms with Crippen molar-refractivity contribution in [2.24, 2.45) is 0 Å². The number of aromatic nitrogens is 5. The number of rotatable bonds is 3. The van der Waals surface area contributed by atoms with E-state index in [2.05, 4.69) is 15.4 Å². The molecule has 1 aliphatic rings. The molecule has 1 aliphatic heterocycles. The number of hydrogen-bond acceptors (Lipinski definition) is 6. The van der Waals surface area contributed by atoms with E-state index in [1.165, 1.54) is 0 Å². The highest BCUT2D eigenvalue weighted by atomic mass is 35.5. The van der Waals surface area contributed by atoms with Crippen molar-refractivity contribution in [2.45, 2.75) is 52.2 Å². The molecule has 31 heavy (non-hydrogen) atoms. The number of hydrogen-bond donors (Lipinski definition) is 0. The second-order valence-electron chi connectivity index (χ2n) is 8.75. The lowest BCUT2D eigenvalue weighted by atomic mass is 10.0. The monoisotopic (exact) mass is 446 g/mol. The molecule has 1 fully saturated rings. The van der Waals surface area contributed by atoms with E-state index >= 15 is 0 Å². The van der Waals surface area contributed by atoms with Crippen molar-refractivity contribution in [2.75, 3.05) is 20.2 Å². The summed E-state index contributed by atoms with van der Waals surface area (Å²) >= 11 is 6.23. The molecule has 1 amide bonds. The number of nitrogens with zero attached hydrogens (tertiary/aromatic N) is 6.